The highest BCUT2D eigenvalue weighted by atomic mass is 16.2. The van der Waals surface area contributed by atoms with Crippen LogP contribution in [0.1, 0.15) is 25.0 Å². The molecule has 0 spiro atoms. The summed E-state index contributed by atoms with van der Waals surface area (Å²) in [6.45, 7) is 3.78. The molecule has 22 heavy (non-hydrogen) atoms. The van der Waals surface area contributed by atoms with Crippen molar-refractivity contribution in [3.8, 4) is 0 Å². The molecule has 0 radical (unpaired) electrons. The zero-order chi connectivity index (χ0) is 15.7. The van der Waals surface area contributed by atoms with Crippen LogP contribution < -0.4 is 10.6 Å². The predicted molar refractivity (Wildman–Crippen MR) is 86.9 cm³/mol. The minimum atomic E-state index is -0.554. The fourth-order valence-electron chi connectivity index (χ4n) is 2.64. The largest absolute Gasteiger partial charge is 0.326 e. The van der Waals surface area contributed by atoms with Gasteiger partial charge in [0, 0.05) is 11.4 Å². The van der Waals surface area contributed by atoms with E-state index in [4.69, 9.17) is 0 Å². The normalized spacial score (nSPS) is 15.1. The topological polar surface area (TPSA) is 58.2 Å². The van der Waals surface area contributed by atoms with E-state index in [0.29, 0.717) is 0 Å². The monoisotopic (exact) mass is 294 g/mol. The summed E-state index contributed by atoms with van der Waals surface area (Å²) in [5, 5.41) is 5.73. The molecule has 1 heterocycles. The Hall–Kier alpha value is -2.62. The van der Waals surface area contributed by atoms with Crippen LogP contribution in [0, 0.1) is 0 Å². The summed E-state index contributed by atoms with van der Waals surface area (Å²) in [6, 6.07) is 15.1. The van der Waals surface area contributed by atoms with Gasteiger partial charge in [-0.3, -0.25) is 9.59 Å². The third kappa shape index (κ3) is 2.60. The lowest BCUT2D eigenvalue weighted by atomic mass is 9.85. The maximum atomic E-state index is 12.1. The lowest BCUT2D eigenvalue weighted by Gasteiger charge is -2.15. The van der Waals surface area contributed by atoms with Gasteiger partial charge in [-0.25, -0.2) is 0 Å². The predicted octanol–water partition coefficient (Wildman–Crippen LogP) is 3.10. The first-order valence-electron chi connectivity index (χ1n) is 7.26. The molecule has 3 rings (SSSR count). The molecular formula is C18H18N2O2. The third-order valence-electron chi connectivity index (χ3n) is 4.00. The van der Waals surface area contributed by atoms with Crippen LogP contribution in [0.2, 0.25) is 0 Å². The zero-order valence-corrected chi connectivity index (χ0v) is 12.6. The third-order valence-corrected chi connectivity index (χ3v) is 4.00. The number of carbonyl (C=O) groups is 2. The van der Waals surface area contributed by atoms with E-state index < -0.39 is 5.41 Å². The van der Waals surface area contributed by atoms with Crippen molar-refractivity contribution in [1.29, 1.82) is 0 Å². The first-order chi connectivity index (χ1) is 10.5. The van der Waals surface area contributed by atoms with Crippen molar-refractivity contribution in [2.75, 3.05) is 10.6 Å². The molecule has 0 bridgehead atoms. The van der Waals surface area contributed by atoms with E-state index in [1.54, 1.807) is 0 Å². The summed E-state index contributed by atoms with van der Waals surface area (Å²) in [5.41, 5.74) is 2.91. The van der Waals surface area contributed by atoms with Crippen molar-refractivity contribution >= 4 is 23.2 Å². The molecule has 0 aliphatic carbocycles. The van der Waals surface area contributed by atoms with E-state index in [9.17, 15) is 9.59 Å². The van der Waals surface area contributed by atoms with E-state index in [1.807, 2.05) is 62.4 Å². The molecule has 0 atom stereocenters. The molecule has 0 aromatic heterocycles. The van der Waals surface area contributed by atoms with Gasteiger partial charge in [-0.1, -0.05) is 30.3 Å². The summed E-state index contributed by atoms with van der Waals surface area (Å²) >= 11 is 0. The Labute approximate surface area is 129 Å². The lowest BCUT2D eigenvalue weighted by molar-refractivity contribution is -0.119. The highest BCUT2D eigenvalue weighted by molar-refractivity contribution is 6.05. The van der Waals surface area contributed by atoms with E-state index in [0.717, 1.165) is 22.5 Å². The van der Waals surface area contributed by atoms with Gasteiger partial charge in [-0.2, -0.15) is 0 Å². The smallest absolute Gasteiger partial charge is 0.234 e. The van der Waals surface area contributed by atoms with Crippen molar-refractivity contribution in [3.63, 3.8) is 0 Å². The number of fused-ring (bicyclic) bond motifs is 1. The average Bonchev–Trinajstić information content (AvgIpc) is 2.71. The van der Waals surface area contributed by atoms with Gasteiger partial charge >= 0.3 is 0 Å². The van der Waals surface area contributed by atoms with Crippen LogP contribution in [-0.2, 0) is 21.4 Å². The summed E-state index contributed by atoms with van der Waals surface area (Å²) < 4.78 is 0. The number of hydrogen-bond acceptors (Lipinski definition) is 2. The minimum absolute atomic E-state index is 0.00612. The minimum Gasteiger partial charge on any atom is -0.326 e. The summed E-state index contributed by atoms with van der Waals surface area (Å²) in [5.74, 6) is -0.0744. The van der Waals surface area contributed by atoms with Crippen molar-refractivity contribution in [2.45, 2.75) is 25.7 Å². The molecule has 0 saturated heterocycles. The van der Waals surface area contributed by atoms with E-state index in [1.165, 1.54) is 0 Å². The summed E-state index contributed by atoms with van der Waals surface area (Å²) in [6.07, 6.45) is 0.284. The van der Waals surface area contributed by atoms with E-state index in [-0.39, 0.29) is 18.2 Å². The van der Waals surface area contributed by atoms with Crippen molar-refractivity contribution in [2.24, 2.45) is 0 Å². The van der Waals surface area contributed by atoms with Crippen molar-refractivity contribution in [3.05, 3.63) is 59.7 Å². The molecule has 1 aliphatic heterocycles. The fourth-order valence-corrected chi connectivity index (χ4v) is 2.64. The average molecular weight is 294 g/mol. The number of carbonyl (C=O) groups excluding carboxylic acids is 2. The van der Waals surface area contributed by atoms with Crippen molar-refractivity contribution < 1.29 is 9.59 Å². The van der Waals surface area contributed by atoms with Gasteiger partial charge in [0.15, 0.2) is 0 Å². The van der Waals surface area contributed by atoms with Crippen LogP contribution in [0.3, 0.4) is 0 Å². The standard InChI is InChI=1S/C18H18N2O2/c1-18(2)14-10-12(8-9-15(14)20-17(18)22)11-16(21)19-13-6-4-3-5-7-13/h3-10H,11H2,1-2H3,(H,19,21)(H,20,22). The summed E-state index contributed by atoms with van der Waals surface area (Å²) in [4.78, 5) is 24.1. The van der Waals surface area contributed by atoms with Crippen LogP contribution in [-0.4, -0.2) is 11.8 Å². The molecule has 112 valence electrons. The summed E-state index contributed by atoms with van der Waals surface area (Å²) in [7, 11) is 0. The van der Waals surface area contributed by atoms with Gasteiger partial charge in [0.25, 0.3) is 0 Å². The Balaban J connectivity index is 1.76. The molecule has 2 amide bonds. The highest BCUT2D eigenvalue weighted by Gasteiger charge is 2.38. The van der Waals surface area contributed by atoms with Crippen LogP contribution >= 0.6 is 0 Å². The second-order valence-corrected chi connectivity index (χ2v) is 6.05. The van der Waals surface area contributed by atoms with Crippen LogP contribution in [0.4, 0.5) is 11.4 Å². The Morgan fingerprint density at radius 2 is 1.86 bits per heavy atom. The molecule has 4 heteroatoms. The quantitative estimate of drug-likeness (QED) is 0.914. The number of hydrogen-bond donors (Lipinski definition) is 2. The first kappa shape index (κ1) is 14.3. The van der Waals surface area contributed by atoms with Gasteiger partial charge in [0.2, 0.25) is 11.8 Å². The van der Waals surface area contributed by atoms with Crippen LogP contribution in [0.15, 0.2) is 48.5 Å². The molecule has 0 fully saturated rings. The first-order valence-corrected chi connectivity index (χ1v) is 7.26. The molecule has 1 aliphatic rings. The molecule has 4 nitrogen and oxygen atoms in total. The SMILES string of the molecule is CC1(C)C(=O)Nc2ccc(CC(=O)Nc3ccccc3)cc21. The van der Waals surface area contributed by atoms with Crippen molar-refractivity contribution in [1.82, 2.24) is 0 Å². The number of nitrogens with one attached hydrogen (secondary N) is 2. The molecular weight excluding hydrogens is 276 g/mol. The molecule has 2 aromatic rings. The van der Waals surface area contributed by atoms with Gasteiger partial charge in [-0.15, -0.1) is 0 Å². The zero-order valence-electron chi connectivity index (χ0n) is 12.6. The Morgan fingerprint density at radius 1 is 1.14 bits per heavy atom. The van der Waals surface area contributed by atoms with Crippen LogP contribution in [0.25, 0.3) is 0 Å². The fraction of sp³-hybridized carbons (Fsp3) is 0.222. The second kappa shape index (κ2) is 5.30. The maximum absolute atomic E-state index is 12.1. The number of rotatable bonds is 3. The molecule has 2 N–H and O–H groups in total. The van der Waals surface area contributed by atoms with Gasteiger partial charge in [0.1, 0.15) is 0 Å². The van der Waals surface area contributed by atoms with E-state index in [2.05, 4.69) is 10.6 Å². The van der Waals surface area contributed by atoms with Gasteiger partial charge < -0.3 is 10.6 Å². The highest BCUT2D eigenvalue weighted by Crippen LogP contribution is 2.37. The van der Waals surface area contributed by atoms with Gasteiger partial charge in [0.05, 0.1) is 11.8 Å². The molecule has 2 aromatic carbocycles. The Bertz CT molecular complexity index is 736. The Morgan fingerprint density at radius 3 is 2.59 bits per heavy atom. The van der Waals surface area contributed by atoms with E-state index >= 15 is 0 Å². The molecule has 0 saturated carbocycles. The second-order valence-electron chi connectivity index (χ2n) is 6.05. The number of benzene rings is 2. The molecule has 0 unspecified atom stereocenters. The maximum Gasteiger partial charge on any atom is 0.234 e. The Kier molecular flexibility index (Phi) is 3.45. The van der Waals surface area contributed by atoms with Crippen LogP contribution in [0.5, 0.6) is 0 Å². The number of anilines is 2. The number of para-hydroxylation sites is 1. The van der Waals surface area contributed by atoms with Gasteiger partial charge in [-0.05, 0) is 43.2 Å². The lowest BCUT2D eigenvalue weighted by Crippen LogP contribution is -2.27. The number of amides is 2.